The first-order chi connectivity index (χ1) is 10.2. The van der Waals surface area contributed by atoms with E-state index in [2.05, 4.69) is 41.5 Å². The number of aromatic amines is 1. The van der Waals surface area contributed by atoms with Gasteiger partial charge in [-0.15, -0.1) is 5.10 Å². The van der Waals surface area contributed by atoms with Crippen molar-refractivity contribution < 1.29 is 0 Å². The van der Waals surface area contributed by atoms with Crippen molar-refractivity contribution in [3.8, 4) is 0 Å². The molecule has 1 unspecified atom stereocenters. The Bertz CT molecular complexity index is 635. The Kier molecular flexibility index (Phi) is 5.64. The largest absolute Gasteiger partial charge is 0.343 e. The van der Waals surface area contributed by atoms with Crippen LogP contribution in [0.3, 0.4) is 0 Å². The highest BCUT2D eigenvalue weighted by molar-refractivity contribution is 7.99. The minimum atomic E-state index is -0.158. The van der Waals surface area contributed by atoms with Gasteiger partial charge in [0.15, 0.2) is 5.16 Å². The van der Waals surface area contributed by atoms with Crippen LogP contribution in [-0.4, -0.2) is 21.3 Å². The lowest BCUT2D eigenvalue weighted by Crippen LogP contribution is -2.20. The average Bonchev–Trinajstić information content (AvgIpc) is 2.85. The van der Waals surface area contributed by atoms with Crippen molar-refractivity contribution in [2.45, 2.75) is 49.8 Å². The maximum absolute atomic E-state index is 11.6. The summed E-state index contributed by atoms with van der Waals surface area (Å²) < 4.78 is 1.64. The van der Waals surface area contributed by atoms with Gasteiger partial charge in [0, 0.05) is 17.5 Å². The van der Waals surface area contributed by atoms with Gasteiger partial charge >= 0.3 is 5.69 Å². The predicted octanol–water partition coefficient (Wildman–Crippen LogP) is 2.80. The van der Waals surface area contributed by atoms with Crippen molar-refractivity contribution in [1.82, 2.24) is 20.1 Å². The summed E-state index contributed by atoms with van der Waals surface area (Å²) in [5, 5.41) is 10.8. The van der Waals surface area contributed by atoms with Crippen molar-refractivity contribution in [1.29, 1.82) is 0 Å². The fourth-order valence-corrected chi connectivity index (χ4v) is 3.28. The third-order valence-electron chi connectivity index (χ3n) is 3.33. The van der Waals surface area contributed by atoms with E-state index in [-0.39, 0.29) is 11.7 Å². The van der Waals surface area contributed by atoms with E-state index >= 15 is 0 Å². The van der Waals surface area contributed by atoms with E-state index in [1.807, 2.05) is 19.1 Å². The molecule has 6 heteroatoms. The summed E-state index contributed by atoms with van der Waals surface area (Å²) >= 11 is 1.53. The molecule has 114 valence electrons. The lowest BCUT2D eigenvalue weighted by atomic mass is 10.1. The van der Waals surface area contributed by atoms with Crippen LogP contribution in [0, 0.1) is 0 Å². The van der Waals surface area contributed by atoms with Crippen molar-refractivity contribution >= 4 is 11.8 Å². The van der Waals surface area contributed by atoms with E-state index in [1.54, 1.807) is 4.57 Å². The molecular weight excluding hydrogens is 284 g/mol. The van der Waals surface area contributed by atoms with E-state index < -0.39 is 0 Å². The van der Waals surface area contributed by atoms with Crippen LogP contribution in [-0.2, 0) is 6.54 Å². The van der Waals surface area contributed by atoms with E-state index in [1.165, 1.54) is 17.3 Å². The molecule has 1 aromatic heterocycles. The zero-order chi connectivity index (χ0) is 15.2. The maximum Gasteiger partial charge on any atom is 0.343 e. The second-order valence-corrected chi connectivity index (χ2v) is 5.88. The van der Waals surface area contributed by atoms with E-state index in [0.717, 1.165) is 17.9 Å². The highest BCUT2D eigenvalue weighted by atomic mass is 32.2. The highest BCUT2D eigenvalue weighted by Crippen LogP contribution is 2.31. The minimum absolute atomic E-state index is 0.158. The van der Waals surface area contributed by atoms with Crippen molar-refractivity contribution in [2.24, 2.45) is 0 Å². The van der Waals surface area contributed by atoms with Gasteiger partial charge in [0.1, 0.15) is 0 Å². The zero-order valence-corrected chi connectivity index (χ0v) is 13.5. The normalized spacial score (nSPS) is 12.5. The van der Waals surface area contributed by atoms with Crippen LogP contribution in [0.1, 0.15) is 38.8 Å². The molecule has 1 heterocycles. The molecule has 21 heavy (non-hydrogen) atoms. The summed E-state index contributed by atoms with van der Waals surface area (Å²) in [6.07, 6.45) is 1.11. The van der Waals surface area contributed by atoms with E-state index in [9.17, 15) is 4.79 Å². The van der Waals surface area contributed by atoms with Gasteiger partial charge in [0.2, 0.25) is 0 Å². The first-order valence-corrected chi connectivity index (χ1v) is 8.14. The minimum Gasteiger partial charge on any atom is -0.310 e. The standard InChI is InChI=1S/C15H22N4OS/c1-4-10-16-11(3)12-8-6-7-9-13(12)21-15-18-17-14(20)19(15)5-2/h6-9,11,16H,4-5,10H2,1-3H3,(H,17,20). The quantitative estimate of drug-likeness (QED) is 0.825. The van der Waals surface area contributed by atoms with Gasteiger partial charge in [-0.25, -0.2) is 9.89 Å². The van der Waals surface area contributed by atoms with Crippen LogP contribution in [0.15, 0.2) is 39.1 Å². The molecule has 0 radical (unpaired) electrons. The van der Waals surface area contributed by atoms with E-state index in [0.29, 0.717) is 11.7 Å². The van der Waals surface area contributed by atoms with Gasteiger partial charge in [-0.05, 0) is 50.2 Å². The summed E-state index contributed by atoms with van der Waals surface area (Å²) in [7, 11) is 0. The molecule has 0 spiro atoms. The second kappa shape index (κ2) is 7.47. The molecule has 2 aromatic rings. The Hall–Kier alpha value is -1.53. The molecular formula is C15H22N4OS. The molecule has 1 atom stereocenters. The molecule has 5 nitrogen and oxygen atoms in total. The Morgan fingerprint density at radius 2 is 2.14 bits per heavy atom. The van der Waals surface area contributed by atoms with Crippen LogP contribution >= 0.6 is 11.8 Å². The van der Waals surface area contributed by atoms with Gasteiger partial charge in [-0.2, -0.15) is 0 Å². The van der Waals surface area contributed by atoms with E-state index in [4.69, 9.17) is 0 Å². The smallest absolute Gasteiger partial charge is 0.310 e. The molecule has 2 N–H and O–H groups in total. The number of hydrogen-bond acceptors (Lipinski definition) is 4. The van der Waals surface area contributed by atoms with Gasteiger partial charge in [-0.1, -0.05) is 25.1 Å². The fourth-order valence-electron chi connectivity index (χ4n) is 2.16. The van der Waals surface area contributed by atoms with Crippen LogP contribution in [0.2, 0.25) is 0 Å². The predicted molar refractivity (Wildman–Crippen MR) is 85.8 cm³/mol. The molecule has 0 aliphatic carbocycles. The zero-order valence-electron chi connectivity index (χ0n) is 12.7. The summed E-state index contributed by atoms with van der Waals surface area (Å²) in [6.45, 7) is 7.86. The fraction of sp³-hybridized carbons (Fsp3) is 0.467. The molecule has 0 fully saturated rings. The Labute approximate surface area is 129 Å². The van der Waals surface area contributed by atoms with Gasteiger partial charge < -0.3 is 5.32 Å². The Morgan fingerprint density at radius 1 is 1.38 bits per heavy atom. The maximum atomic E-state index is 11.6. The molecule has 0 saturated heterocycles. The lowest BCUT2D eigenvalue weighted by molar-refractivity contribution is 0.563. The van der Waals surface area contributed by atoms with Crippen molar-refractivity contribution in [3.05, 3.63) is 40.3 Å². The number of H-pyrrole nitrogens is 1. The summed E-state index contributed by atoms with van der Waals surface area (Å²) in [6, 6.07) is 8.52. The number of benzene rings is 1. The summed E-state index contributed by atoms with van der Waals surface area (Å²) in [5.74, 6) is 0. The highest BCUT2D eigenvalue weighted by Gasteiger charge is 2.14. The molecule has 2 rings (SSSR count). The average molecular weight is 306 g/mol. The van der Waals surface area contributed by atoms with Crippen LogP contribution in [0.5, 0.6) is 0 Å². The van der Waals surface area contributed by atoms with Gasteiger partial charge in [0.25, 0.3) is 0 Å². The topological polar surface area (TPSA) is 62.7 Å². The third kappa shape index (κ3) is 3.77. The number of nitrogens with one attached hydrogen (secondary N) is 2. The summed E-state index contributed by atoms with van der Waals surface area (Å²) in [5.41, 5.74) is 1.07. The number of nitrogens with zero attached hydrogens (tertiary/aromatic N) is 2. The van der Waals surface area contributed by atoms with Gasteiger partial charge in [0.05, 0.1) is 0 Å². The molecule has 0 amide bonds. The number of rotatable bonds is 7. The van der Waals surface area contributed by atoms with Crippen LogP contribution in [0.25, 0.3) is 0 Å². The first-order valence-electron chi connectivity index (χ1n) is 7.32. The number of hydrogen-bond donors (Lipinski definition) is 2. The van der Waals surface area contributed by atoms with Gasteiger partial charge in [-0.3, -0.25) is 4.57 Å². The Balaban J connectivity index is 2.25. The lowest BCUT2D eigenvalue weighted by Gasteiger charge is -2.17. The number of aromatic nitrogens is 3. The molecule has 0 aliphatic rings. The second-order valence-electron chi connectivity index (χ2n) is 4.87. The Morgan fingerprint density at radius 3 is 2.86 bits per heavy atom. The third-order valence-corrected chi connectivity index (χ3v) is 4.41. The summed E-state index contributed by atoms with van der Waals surface area (Å²) in [4.78, 5) is 12.8. The van der Waals surface area contributed by atoms with Crippen molar-refractivity contribution in [2.75, 3.05) is 6.54 Å². The van der Waals surface area contributed by atoms with Crippen LogP contribution in [0.4, 0.5) is 0 Å². The molecule has 0 saturated carbocycles. The molecule has 0 bridgehead atoms. The molecule has 0 aliphatic heterocycles. The SMILES string of the molecule is CCCNC(C)c1ccccc1Sc1n[nH]c(=O)n1CC. The monoisotopic (exact) mass is 306 g/mol. The van der Waals surface area contributed by atoms with Crippen LogP contribution < -0.4 is 11.0 Å². The molecule has 1 aromatic carbocycles. The van der Waals surface area contributed by atoms with Crippen molar-refractivity contribution in [3.63, 3.8) is 0 Å². The first kappa shape index (κ1) is 15.9.